The van der Waals surface area contributed by atoms with Crippen molar-refractivity contribution in [3.8, 4) is 0 Å². The normalized spacial score (nSPS) is 28.9. The van der Waals surface area contributed by atoms with Gasteiger partial charge >= 0.3 is 14.7 Å². The van der Waals surface area contributed by atoms with E-state index in [1.807, 2.05) is 18.2 Å². The van der Waals surface area contributed by atoms with Crippen molar-refractivity contribution in [2.24, 2.45) is 5.41 Å². The van der Waals surface area contributed by atoms with Gasteiger partial charge in [0.15, 0.2) is 0 Å². The molecule has 0 unspecified atom stereocenters. The highest BCUT2D eigenvalue weighted by Gasteiger charge is 2.45. The van der Waals surface area contributed by atoms with Crippen LogP contribution in [0.5, 0.6) is 0 Å². The van der Waals surface area contributed by atoms with Crippen LogP contribution < -0.4 is 5.32 Å². The van der Waals surface area contributed by atoms with Crippen molar-refractivity contribution >= 4 is 20.4 Å². The zero-order valence-corrected chi connectivity index (χ0v) is 11.1. The van der Waals surface area contributed by atoms with Crippen LogP contribution >= 0.6 is 8.60 Å². The minimum atomic E-state index is -1.16. The zero-order valence-electron chi connectivity index (χ0n) is 10.2. The highest BCUT2D eigenvalue weighted by molar-refractivity contribution is 7.41. The third-order valence-electron chi connectivity index (χ3n) is 2.96. The third kappa shape index (κ3) is 3.04. The lowest BCUT2D eigenvalue weighted by atomic mass is 9.92. The van der Waals surface area contributed by atoms with Crippen LogP contribution in [-0.2, 0) is 18.3 Å². The summed E-state index contributed by atoms with van der Waals surface area (Å²) in [4.78, 5) is 11.7. The first-order valence-corrected chi connectivity index (χ1v) is 7.03. The fourth-order valence-corrected chi connectivity index (χ4v) is 3.19. The smallest absolute Gasteiger partial charge is 0.411 e. The van der Waals surface area contributed by atoms with E-state index in [0.717, 1.165) is 0 Å². The maximum atomic E-state index is 11.7. The lowest BCUT2D eigenvalue weighted by Gasteiger charge is -2.43. The zero-order chi connectivity index (χ0) is 13.1. The van der Waals surface area contributed by atoms with Gasteiger partial charge in [0.2, 0.25) is 0 Å². The maximum Gasteiger partial charge on any atom is 0.411 e. The summed E-state index contributed by atoms with van der Waals surface area (Å²) in [6, 6.07) is 9.15. The summed E-state index contributed by atoms with van der Waals surface area (Å²) in [6.45, 7) is 1.75. The van der Waals surface area contributed by atoms with Crippen LogP contribution in [0.15, 0.2) is 30.3 Å². The second-order valence-corrected chi connectivity index (χ2v) is 5.83. The van der Waals surface area contributed by atoms with Gasteiger partial charge in [0.25, 0.3) is 0 Å². The van der Waals surface area contributed by atoms with Gasteiger partial charge in [0.1, 0.15) is 6.61 Å². The lowest BCUT2D eigenvalue weighted by molar-refractivity contribution is -0.0969. The summed E-state index contributed by atoms with van der Waals surface area (Å²) in [7, 11) is -1.16. The summed E-state index contributed by atoms with van der Waals surface area (Å²) >= 11 is 0. The van der Waals surface area contributed by atoms with E-state index in [1.54, 1.807) is 12.1 Å². The van der Waals surface area contributed by atoms with Gasteiger partial charge in [-0.05, 0) is 12.1 Å². The van der Waals surface area contributed by atoms with Crippen LogP contribution in [0.4, 0.5) is 10.5 Å². The van der Waals surface area contributed by atoms with Crippen LogP contribution in [-0.4, -0.2) is 32.5 Å². The minimum Gasteiger partial charge on any atom is -0.448 e. The Hall–Kier alpha value is -1.20. The van der Waals surface area contributed by atoms with E-state index < -0.39 is 14.7 Å². The minimum absolute atomic E-state index is 0.217. The highest BCUT2D eigenvalue weighted by Crippen LogP contribution is 2.53. The van der Waals surface area contributed by atoms with Crippen molar-refractivity contribution in [3.63, 3.8) is 0 Å². The summed E-state index contributed by atoms with van der Waals surface area (Å²) in [5, 5.41) is 2.66. The van der Waals surface area contributed by atoms with Crippen LogP contribution in [0.2, 0.25) is 0 Å². The number of para-hydroxylation sites is 1. The fourth-order valence-electron chi connectivity index (χ4n) is 1.82. The molecule has 3 heterocycles. The highest BCUT2D eigenvalue weighted by atomic mass is 31.2. The number of anilines is 1. The average molecular weight is 283 g/mol. The SMILES string of the molecule is O=C(Nc1ccccc1)OCC12COP(OC1)OC2. The summed E-state index contributed by atoms with van der Waals surface area (Å²) < 4.78 is 21.2. The Labute approximate surface area is 112 Å². The molecule has 7 heteroatoms. The topological polar surface area (TPSA) is 66.0 Å². The maximum absolute atomic E-state index is 11.7. The monoisotopic (exact) mass is 283 g/mol. The number of hydrogen-bond donors (Lipinski definition) is 1. The molecule has 3 aliphatic rings. The van der Waals surface area contributed by atoms with Crippen molar-refractivity contribution < 1.29 is 23.1 Å². The lowest BCUT2D eigenvalue weighted by Crippen LogP contribution is -2.47. The average Bonchev–Trinajstić information content (AvgIpc) is 2.48. The second-order valence-electron chi connectivity index (χ2n) is 4.61. The molecule has 4 rings (SSSR count). The van der Waals surface area contributed by atoms with E-state index in [2.05, 4.69) is 5.32 Å². The van der Waals surface area contributed by atoms with Gasteiger partial charge in [-0.1, -0.05) is 18.2 Å². The van der Waals surface area contributed by atoms with Gasteiger partial charge in [-0.3, -0.25) is 5.32 Å². The molecule has 1 aromatic carbocycles. The molecule has 3 saturated heterocycles. The van der Waals surface area contributed by atoms with Crippen molar-refractivity contribution in [3.05, 3.63) is 30.3 Å². The number of benzene rings is 1. The van der Waals surface area contributed by atoms with Gasteiger partial charge in [0, 0.05) is 5.69 Å². The van der Waals surface area contributed by atoms with Crippen LogP contribution in [0.1, 0.15) is 0 Å². The molecule has 1 N–H and O–H groups in total. The van der Waals surface area contributed by atoms with E-state index in [0.29, 0.717) is 25.5 Å². The number of nitrogens with one attached hydrogen (secondary N) is 1. The first-order valence-electron chi connectivity index (χ1n) is 5.94. The number of amides is 1. The Morgan fingerprint density at radius 2 is 1.84 bits per heavy atom. The van der Waals surface area contributed by atoms with Gasteiger partial charge < -0.3 is 18.3 Å². The molecule has 0 aliphatic carbocycles. The van der Waals surface area contributed by atoms with Gasteiger partial charge in [0.05, 0.1) is 25.2 Å². The standard InChI is InChI=1S/C12H14NO5P/c14-11(13-10-4-2-1-3-5-10)15-6-12-7-16-19(17-8-12)18-9-12/h1-5H,6-9H2,(H,13,14). The molecule has 0 spiro atoms. The van der Waals surface area contributed by atoms with E-state index in [1.165, 1.54) is 0 Å². The van der Waals surface area contributed by atoms with Crippen molar-refractivity contribution in [1.29, 1.82) is 0 Å². The molecule has 0 atom stereocenters. The molecule has 0 radical (unpaired) electrons. The first-order chi connectivity index (χ1) is 9.26. The number of rotatable bonds is 3. The Kier molecular flexibility index (Phi) is 3.66. The van der Waals surface area contributed by atoms with Gasteiger partial charge in [-0.25, -0.2) is 4.79 Å². The molecule has 0 aromatic heterocycles. The molecule has 1 amide bonds. The molecule has 3 aliphatic heterocycles. The molecule has 0 saturated carbocycles. The Morgan fingerprint density at radius 3 is 2.47 bits per heavy atom. The predicted molar refractivity (Wildman–Crippen MR) is 68.6 cm³/mol. The summed E-state index contributed by atoms with van der Waals surface area (Å²) in [5.41, 5.74) is 0.329. The number of carbonyl (C=O) groups excluding carboxylic acids is 1. The van der Waals surface area contributed by atoms with E-state index >= 15 is 0 Å². The summed E-state index contributed by atoms with van der Waals surface area (Å²) in [5.74, 6) is 0. The van der Waals surface area contributed by atoms with E-state index in [9.17, 15) is 4.79 Å². The fraction of sp³-hybridized carbons (Fsp3) is 0.417. The Morgan fingerprint density at radius 1 is 1.21 bits per heavy atom. The largest absolute Gasteiger partial charge is 0.448 e. The molecule has 1 aromatic rings. The second kappa shape index (κ2) is 5.43. The molecule has 3 fully saturated rings. The van der Waals surface area contributed by atoms with Gasteiger partial charge in [-0.2, -0.15) is 0 Å². The molecule has 6 nitrogen and oxygen atoms in total. The number of hydrogen-bond acceptors (Lipinski definition) is 5. The van der Waals surface area contributed by atoms with Crippen LogP contribution in [0, 0.1) is 5.41 Å². The number of fused-ring (bicyclic) bond motifs is 3. The van der Waals surface area contributed by atoms with Crippen molar-refractivity contribution in [2.45, 2.75) is 0 Å². The summed E-state index contributed by atoms with van der Waals surface area (Å²) in [6.07, 6.45) is -0.487. The molecular formula is C12H14NO5P. The molecule has 2 bridgehead atoms. The van der Waals surface area contributed by atoms with Crippen LogP contribution in [0.3, 0.4) is 0 Å². The van der Waals surface area contributed by atoms with Gasteiger partial charge in [-0.15, -0.1) is 0 Å². The first kappa shape index (κ1) is 12.8. The number of ether oxygens (including phenoxy) is 1. The third-order valence-corrected chi connectivity index (χ3v) is 3.98. The number of carbonyl (C=O) groups is 1. The van der Waals surface area contributed by atoms with Crippen molar-refractivity contribution in [1.82, 2.24) is 0 Å². The van der Waals surface area contributed by atoms with E-state index in [-0.39, 0.29) is 12.0 Å². The molecule has 102 valence electrons. The predicted octanol–water partition coefficient (Wildman–Crippen LogP) is 2.53. The Balaban J connectivity index is 1.50. The van der Waals surface area contributed by atoms with E-state index in [4.69, 9.17) is 18.3 Å². The molecule has 19 heavy (non-hydrogen) atoms. The molecular weight excluding hydrogens is 269 g/mol. The van der Waals surface area contributed by atoms with Crippen molar-refractivity contribution in [2.75, 3.05) is 31.7 Å². The quantitative estimate of drug-likeness (QED) is 0.863. The Bertz CT molecular complexity index is 433. The van der Waals surface area contributed by atoms with Crippen LogP contribution in [0.25, 0.3) is 0 Å².